The third-order valence-electron chi connectivity index (χ3n) is 2.79. The molecule has 1 N–H and O–H groups in total. The molecule has 0 aromatic heterocycles. The number of nitrogens with one attached hydrogen (secondary N) is 1. The minimum Gasteiger partial charge on any atom is -0.449 e. The molecule has 0 radical (unpaired) electrons. The normalized spacial score (nSPS) is 11.5. The fourth-order valence-electron chi connectivity index (χ4n) is 1.65. The van der Waals surface area contributed by atoms with Crippen molar-refractivity contribution in [1.29, 1.82) is 0 Å². The van der Waals surface area contributed by atoms with Gasteiger partial charge in [-0.25, -0.2) is 4.79 Å². The zero-order valence-corrected chi connectivity index (χ0v) is 12.1. The van der Waals surface area contributed by atoms with E-state index in [0.29, 0.717) is 16.3 Å². The summed E-state index contributed by atoms with van der Waals surface area (Å²) in [6, 6.07) is 15.4. The molecule has 108 valence electrons. The molecule has 1 atom stereocenters. The molecule has 2 rings (SSSR count). The van der Waals surface area contributed by atoms with Crippen LogP contribution in [-0.4, -0.2) is 18.0 Å². The lowest BCUT2D eigenvalue weighted by atomic mass is 10.2. The number of carbonyl (C=O) groups is 2. The Kier molecular flexibility index (Phi) is 4.95. The molecular formula is C16H14ClNO3. The fourth-order valence-corrected chi connectivity index (χ4v) is 1.84. The minimum atomic E-state index is -0.922. The Morgan fingerprint density at radius 3 is 2.33 bits per heavy atom. The smallest absolute Gasteiger partial charge is 0.338 e. The van der Waals surface area contributed by atoms with Crippen LogP contribution in [0.5, 0.6) is 0 Å². The number of amides is 1. The number of halogens is 1. The summed E-state index contributed by atoms with van der Waals surface area (Å²) in [7, 11) is 0. The van der Waals surface area contributed by atoms with E-state index in [9.17, 15) is 9.59 Å². The first-order chi connectivity index (χ1) is 10.1. The Labute approximate surface area is 127 Å². The van der Waals surface area contributed by atoms with Crippen molar-refractivity contribution in [2.45, 2.75) is 13.0 Å². The number of rotatable bonds is 4. The molecule has 21 heavy (non-hydrogen) atoms. The lowest BCUT2D eigenvalue weighted by molar-refractivity contribution is -0.123. The van der Waals surface area contributed by atoms with Crippen molar-refractivity contribution in [3.05, 3.63) is 65.2 Å². The van der Waals surface area contributed by atoms with E-state index in [1.165, 1.54) is 6.92 Å². The molecule has 0 aliphatic heterocycles. The summed E-state index contributed by atoms with van der Waals surface area (Å²) in [5.41, 5.74) is 0.877. The SMILES string of the molecule is CC(OC(=O)c1ccccc1)C(=O)Nc1ccccc1Cl. The van der Waals surface area contributed by atoms with Crippen LogP contribution in [0.3, 0.4) is 0 Å². The van der Waals surface area contributed by atoms with E-state index in [2.05, 4.69) is 5.32 Å². The van der Waals surface area contributed by atoms with Gasteiger partial charge in [0.25, 0.3) is 5.91 Å². The summed E-state index contributed by atoms with van der Waals surface area (Å²) >= 11 is 5.95. The second kappa shape index (κ2) is 6.90. The minimum absolute atomic E-state index is 0.398. The molecule has 0 spiro atoms. The predicted octanol–water partition coefficient (Wildman–Crippen LogP) is 3.52. The monoisotopic (exact) mass is 303 g/mol. The molecule has 4 nitrogen and oxygen atoms in total. The van der Waals surface area contributed by atoms with E-state index in [0.717, 1.165) is 0 Å². The van der Waals surface area contributed by atoms with Crippen LogP contribution in [-0.2, 0) is 9.53 Å². The molecule has 0 bridgehead atoms. The Morgan fingerprint density at radius 1 is 1.05 bits per heavy atom. The summed E-state index contributed by atoms with van der Waals surface area (Å²) in [5, 5.41) is 3.04. The molecule has 0 saturated heterocycles. The first-order valence-corrected chi connectivity index (χ1v) is 6.77. The van der Waals surface area contributed by atoms with Crippen molar-refractivity contribution in [3.63, 3.8) is 0 Å². The fraction of sp³-hybridized carbons (Fsp3) is 0.125. The number of para-hydroxylation sites is 1. The molecule has 1 unspecified atom stereocenters. The van der Waals surface area contributed by atoms with Gasteiger partial charge in [-0.15, -0.1) is 0 Å². The third kappa shape index (κ3) is 4.07. The Morgan fingerprint density at radius 2 is 1.67 bits per heavy atom. The van der Waals surface area contributed by atoms with Gasteiger partial charge in [-0.3, -0.25) is 4.79 Å². The van der Waals surface area contributed by atoms with Crippen LogP contribution in [0.15, 0.2) is 54.6 Å². The highest BCUT2D eigenvalue weighted by Crippen LogP contribution is 2.20. The molecular weight excluding hydrogens is 290 g/mol. The average Bonchev–Trinajstić information content (AvgIpc) is 2.50. The number of esters is 1. The number of hydrogen-bond donors (Lipinski definition) is 1. The highest BCUT2D eigenvalue weighted by molar-refractivity contribution is 6.33. The molecule has 1 amide bonds. The molecule has 0 heterocycles. The van der Waals surface area contributed by atoms with E-state index in [4.69, 9.17) is 16.3 Å². The largest absolute Gasteiger partial charge is 0.449 e. The molecule has 2 aromatic carbocycles. The van der Waals surface area contributed by atoms with Gasteiger partial charge in [0.2, 0.25) is 0 Å². The molecule has 5 heteroatoms. The molecule has 0 saturated carbocycles. The first-order valence-electron chi connectivity index (χ1n) is 6.39. The maximum absolute atomic E-state index is 12.0. The Bertz CT molecular complexity index is 643. The van der Waals surface area contributed by atoms with Gasteiger partial charge in [0, 0.05) is 0 Å². The van der Waals surface area contributed by atoms with Crippen LogP contribution in [0.4, 0.5) is 5.69 Å². The van der Waals surface area contributed by atoms with Crippen LogP contribution in [0, 0.1) is 0 Å². The van der Waals surface area contributed by atoms with Gasteiger partial charge in [0.1, 0.15) is 0 Å². The van der Waals surface area contributed by atoms with Gasteiger partial charge in [-0.05, 0) is 31.2 Å². The Hall–Kier alpha value is -2.33. The quantitative estimate of drug-likeness (QED) is 0.879. The van der Waals surface area contributed by atoms with Gasteiger partial charge in [0.05, 0.1) is 16.3 Å². The number of hydrogen-bond acceptors (Lipinski definition) is 3. The van der Waals surface area contributed by atoms with Crippen LogP contribution in [0.25, 0.3) is 0 Å². The second-order valence-corrected chi connectivity index (χ2v) is 4.79. The van der Waals surface area contributed by atoms with Crippen molar-refractivity contribution < 1.29 is 14.3 Å². The lowest BCUT2D eigenvalue weighted by Crippen LogP contribution is -2.30. The topological polar surface area (TPSA) is 55.4 Å². The van der Waals surface area contributed by atoms with E-state index >= 15 is 0 Å². The van der Waals surface area contributed by atoms with Gasteiger partial charge in [-0.1, -0.05) is 41.9 Å². The van der Waals surface area contributed by atoms with E-state index in [-0.39, 0.29) is 0 Å². The molecule has 0 fully saturated rings. The summed E-state index contributed by atoms with van der Waals surface area (Å²) in [4.78, 5) is 23.8. The average molecular weight is 304 g/mol. The van der Waals surface area contributed by atoms with E-state index < -0.39 is 18.0 Å². The summed E-state index contributed by atoms with van der Waals surface area (Å²) < 4.78 is 5.12. The van der Waals surface area contributed by atoms with Gasteiger partial charge >= 0.3 is 5.97 Å². The number of anilines is 1. The van der Waals surface area contributed by atoms with Crippen LogP contribution < -0.4 is 5.32 Å². The maximum atomic E-state index is 12.0. The standard InChI is InChI=1S/C16H14ClNO3/c1-11(21-16(20)12-7-3-2-4-8-12)15(19)18-14-10-6-5-9-13(14)17/h2-11H,1H3,(H,18,19). The van der Waals surface area contributed by atoms with Crippen molar-refractivity contribution in [1.82, 2.24) is 0 Å². The van der Waals surface area contributed by atoms with E-state index in [1.807, 2.05) is 0 Å². The van der Waals surface area contributed by atoms with Crippen molar-refractivity contribution >= 4 is 29.2 Å². The number of ether oxygens (including phenoxy) is 1. The number of benzene rings is 2. The zero-order chi connectivity index (χ0) is 15.2. The van der Waals surface area contributed by atoms with Crippen LogP contribution in [0.2, 0.25) is 5.02 Å². The first kappa shape index (κ1) is 15.1. The predicted molar refractivity (Wildman–Crippen MR) is 81.4 cm³/mol. The van der Waals surface area contributed by atoms with Crippen molar-refractivity contribution in [3.8, 4) is 0 Å². The molecule has 0 aliphatic carbocycles. The summed E-state index contributed by atoms with van der Waals surface area (Å²) in [6.45, 7) is 1.51. The highest BCUT2D eigenvalue weighted by atomic mass is 35.5. The lowest BCUT2D eigenvalue weighted by Gasteiger charge is -2.14. The van der Waals surface area contributed by atoms with Gasteiger partial charge in [-0.2, -0.15) is 0 Å². The highest BCUT2D eigenvalue weighted by Gasteiger charge is 2.19. The van der Waals surface area contributed by atoms with Crippen LogP contribution in [0.1, 0.15) is 17.3 Å². The second-order valence-electron chi connectivity index (χ2n) is 4.38. The van der Waals surface area contributed by atoms with Crippen LogP contribution >= 0.6 is 11.6 Å². The summed E-state index contributed by atoms with van der Waals surface area (Å²) in [5.74, 6) is -0.982. The van der Waals surface area contributed by atoms with Crippen molar-refractivity contribution in [2.24, 2.45) is 0 Å². The third-order valence-corrected chi connectivity index (χ3v) is 3.12. The number of carbonyl (C=O) groups excluding carboxylic acids is 2. The van der Waals surface area contributed by atoms with Gasteiger partial charge in [0.15, 0.2) is 6.10 Å². The Balaban J connectivity index is 1.97. The molecule has 0 aliphatic rings. The molecule has 2 aromatic rings. The van der Waals surface area contributed by atoms with E-state index in [1.54, 1.807) is 54.6 Å². The van der Waals surface area contributed by atoms with Gasteiger partial charge < -0.3 is 10.1 Å². The zero-order valence-electron chi connectivity index (χ0n) is 11.4. The maximum Gasteiger partial charge on any atom is 0.338 e. The summed E-state index contributed by atoms with van der Waals surface area (Å²) in [6.07, 6.45) is -0.922. The van der Waals surface area contributed by atoms with Crippen molar-refractivity contribution in [2.75, 3.05) is 5.32 Å².